The van der Waals surface area contributed by atoms with Crippen molar-refractivity contribution in [1.29, 1.82) is 0 Å². The van der Waals surface area contributed by atoms with Gasteiger partial charge in [0.05, 0.1) is 5.92 Å². The van der Waals surface area contributed by atoms with Crippen LogP contribution in [0.25, 0.3) is 0 Å². The Hall–Kier alpha value is -1.16. The summed E-state index contributed by atoms with van der Waals surface area (Å²) in [5.41, 5.74) is 2.28. The molecule has 0 radical (unpaired) electrons. The van der Waals surface area contributed by atoms with Gasteiger partial charge in [-0.2, -0.15) is 0 Å². The summed E-state index contributed by atoms with van der Waals surface area (Å²) in [5, 5.41) is 0. The molecule has 1 atom stereocenters. The summed E-state index contributed by atoms with van der Waals surface area (Å²) >= 11 is 3.31. The summed E-state index contributed by atoms with van der Waals surface area (Å²) in [6.45, 7) is 4.56. The SMILES string of the molecule is Cc1cc(C2COc3oc(Br)cc32)c(C)o1. The Bertz CT molecular complexity index is 538. The van der Waals surface area contributed by atoms with Crippen LogP contribution in [0.2, 0.25) is 0 Å². The fraction of sp³-hybridized carbons (Fsp3) is 0.333. The predicted molar refractivity (Wildman–Crippen MR) is 61.9 cm³/mol. The minimum atomic E-state index is 0.225. The van der Waals surface area contributed by atoms with E-state index < -0.39 is 0 Å². The summed E-state index contributed by atoms with van der Waals surface area (Å²) in [6, 6.07) is 4.04. The van der Waals surface area contributed by atoms with Crippen molar-refractivity contribution in [2.75, 3.05) is 6.61 Å². The molecular weight excluding hydrogens is 272 g/mol. The molecule has 0 bridgehead atoms. The van der Waals surface area contributed by atoms with Crippen molar-refractivity contribution >= 4 is 15.9 Å². The third kappa shape index (κ3) is 1.40. The lowest BCUT2D eigenvalue weighted by atomic mass is 9.95. The minimum Gasteiger partial charge on any atom is -0.466 e. The quantitative estimate of drug-likeness (QED) is 0.799. The van der Waals surface area contributed by atoms with Gasteiger partial charge >= 0.3 is 0 Å². The van der Waals surface area contributed by atoms with Crippen molar-refractivity contribution in [3.8, 4) is 5.95 Å². The Morgan fingerprint density at radius 3 is 2.69 bits per heavy atom. The zero-order valence-electron chi connectivity index (χ0n) is 9.04. The number of fused-ring (bicyclic) bond motifs is 1. The van der Waals surface area contributed by atoms with Crippen LogP contribution in [-0.4, -0.2) is 6.61 Å². The summed E-state index contributed by atoms with van der Waals surface area (Å²) in [6.07, 6.45) is 0. The highest BCUT2D eigenvalue weighted by atomic mass is 79.9. The first-order chi connectivity index (χ1) is 7.65. The van der Waals surface area contributed by atoms with Crippen LogP contribution in [0.3, 0.4) is 0 Å². The second-order valence-corrected chi connectivity index (χ2v) is 4.81. The first-order valence-electron chi connectivity index (χ1n) is 5.14. The fourth-order valence-corrected chi connectivity index (χ4v) is 2.61. The number of aryl methyl sites for hydroxylation is 2. The second-order valence-electron chi connectivity index (χ2n) is 4.03. The number of hydrogen-bond donors (Lipinski definition) is 0. The zero-order valence-corrected chi connectivity index (χ0v) is 10.6. The van der Waals surface area contributed by atoms with Gasteiger partial charge in [0, 0.05) is 11.1 Å². The molecule has 84 valence electrons. The maximum atomic E-state index is 5.55. The van der Waals surface area contributed by atoms with Crippen LogP contribution < -0.4 is 4.74 Å². The Morgan fingerprint density at radius 2 is 2.00 bits per heavy atom. The molecule has 2 aromatic heterocycles. The molecule has 0 saturated carbocycles. The van der Waals surface area contributed by atoms with Gasteiger partial charge in [-0.25, -0.2) is 0 Å². The van der Waals surface area contributed by atoms with E-state index in [1.165, 1.54) is 5.56 Å². The number of ether oxygens (including phenoxy) is 1. The standard InChI is InChI=1S/C12H11BrO3/c1-6-3-8(7(2)15-6)10-5-14-12-9(10)4-11(13)16-12/h3-4,10H,5H2,1-2H3. The Morgan fingerprint density at radius 1 is 1.19 bits per heavy atom. The molecule has 16 heavy (non-hydrogen) atoms. The molecule has 0 aromatic carbocycles. The van der Waals surface area contributed by atoms with Gasteiger partial charge in [-0.15, -0.1) is 0 Å². The van der Waals surface area contributed by atoms with Crippen molar-refractivity contribution in [2.24, 2.45) is 0 Å². The van der Waals surface area contributed by atoms with E-state index >= 15 is 0 Å². The Kier molecular flexibility index (Phi) is 2.14. The highest BCUT2D eigenvalue weighted by Gasteiger charge is 2.32. The highest BCUT2D eigenvalue weighted by Crippen LogP contribution is 2.43. The molecule has 3 rings (SSSR count). The van der Waals surface area contributed by atoms with Gasteiger partial charge in [-0.1, -0.05) is 0 Å². The number of rotatable bonds is 1. The lowest BCUT2D eigenvalue weighted by Gasteiger charge is -2.05. The third-order valence-electron chi connectivity index (χ3n) is 2.91. The van der Waals surface area contributed by atoms with E-state index in [0.717, 1.165) is 17.1 Å². The van der Waals surface area contributed by atoms with E-state index in [4.69, 9.17) is 13.6 Å². The van der Waals surface area contributed by atoms with Gasteiger partial charge < -0.3 is 13.6 Å². The minimum absolute atomic E-state index is 0.225. The Labute approximate surface area is 102 Å². The number of hydrogen-bond acceptors (Lipinski definition) is 3. The largest absolute Gasteiger partial charge is 0.466 e. The maximum Gasteiger partial charge on any atom is 0.289 e. The number of furan rings is 2. The van der Waals surface area contributed by atoms with E-state index in [-0.39, 0.29) is 5.92 Å². The molecule has 3 nitrogen and oxygen atoms in total. The van der Waals surface area contributed by atoms with Crippen molar-refractivity contribution < 1.29 is 13.6 Å². The van der Waals surface area contributed by atoms with Crippen molar-refractivity contribution in [2.45, 2.75) is 19.8 Å². The third-order valence-corrected chi connectivity index (χ3v) is 3.30. The van der Waals surface area contributed by atoms with Crippen LogP contribution in [0.4, 0.5) is 0 Å². The van der Waals surface area contributed by atoms with Gasteiger partial charge in [-0.05, 0) is 41.9 Å². The van der Waals surface area contributed by atoms with Crippen LogP contribution in [0.1, 0.15) is 28.6 Å². The normalized spacial score (nSPS) is 18.6. The van der Waals surface area contributed by atoms with E-state index in [2.05, 4.69) is 22.0 Å². The van der Waals surface area contributed by atoms with Gasteiger partial charge in [0.25, 0.3) is 5.95 Å². The smallest absolute Gasteiger partial charge is 0.289 e. The maximum absolute atomic E-state index is 5.55. The van der Waals surface area contributed by atoms with Gasteiger partial charge in [0.1, 0.15) is 18.1 Å². The average Bonchev–Trinajstić information content (AvgIpc) is 2.80. The molecule has 0 spiro atoms. The predicted octanol–water partition coefficient (Wildman–Crippen LogP) is 3.78. The molecule has 1 unspecified atom stereocenters. The average molecular weight is 283 g/mol. The van der Waals surface area contributed by atoms with E-state index in [1.54, 1.807) is 0 Å². The van der Waals surface area contributed by atoms with Crippen LogP contribution in [0.5, 0.6) is 5.95 Å². The zero-order chi connectivity index (χ0) is 11.3. The lowest BCUT2D eigenvalue weighted by Crippen LogP contribution is -2.02. The van der Waals surface area contributed by atoms with Gasteiger partial charge in [-0.3, -0.25) is 0 Å². The molecule has 1 aliphatic heterocycles. The highest BCUT2D eigenvalue weighted by molar-refractivity contribution is 9.10. The summed E-state index contributed by atoms with van der Waals surface area (Å²) < 4.78 is 17.2. The van der Waals surface area contributed by atoms with Crippen LogP contribution in [0, 0.1) is 13.8 Å². The first-order valence-corrected chi connectivity index (χ1v) is 5.93. The summed E-state index contributed by atoms with van der Waals surface area (Å²) in [4.78, 5) is 0. The van der Waals surface area contributed by atoms with Crippen molar-refractivity contribution in [1.82, 2.24) is 0 Å². The van der Waals surface area contributed by atoms with E-state index in [9.17, 15) is 0 Å². The number of halogens is 1. The molecule has 3 heterocycles. The molecule has 4 heteroatoms. The van der Waals surface area contributed by atoms with Crippen molar-refractivity contribution in [3.05, 3.63) is 39.4 Å². The Balaban J connectivity index is 2.06. The van der Waals surface area contributed by atoms with E-state index in [0.29, 0.717) is 17.2 Å². The van der Waals surface area contributed by atoms with Gasteiger partial charge in [0.15, 0.2) is 4.67 Å². The monoisotopic (exact) mass is 282 g/mol. The lowest BCUT2D eigenvalue weighted by molar-refractivity contribution is 0.261. The summed E-state index contributed by atoms with van der Waals surface area (Å²) in [7, 11) is 0. The molecule has 0 fully saturated rings. The molecular formula is C12H11BrO3. The molecule has 0 saturated heterocycles. The fourth-order valence-electron chi connectivity index (χ4n) is 2.22. The topological polar surface area (TPSA) is 35.5 Å². The van der Waals surface area contributed by atoms with Gasteiger partial charge in [0.2, 0.25) is 0 Å². The summed E-state index contributed by atoms with van der Waals surface area (Å²) in [5.74, 6) is 2.73. The van der Waals surface area contributed by atoms with Crippen molar-refractivity contribution in [3.63, 3.8) is 0 Å². The molecule has 0 aliphatic carbocycles. The molecule has 1 aliphatic rings. The van der Waals surface area contributed by atoms with E-state index in [1.807, 2.05) is 19.9 Å². The first kappa shape index (κ1) is 10.0. The van der Waals surface area contributed by atoms with Crippen LogP contribution >= 0.6 is 15.9 Å². The van der Waals surface area contributed by atoms with Crippen LogP contribution in [0.15, 0.2) is 25.6 Å². The second kappa shape index (κ2) is 3.42. The molecule has 0 amide bonds. The molecule has 2 aromatic rings. The van der Waals surface area contributed by atoms with Crippen LogP contribution in [-0.2, 0) is 0 Å². The molecule has 0 N–H and O–H groups in total.